The first-order valence-corrected chi connectivity index (χ1v) is 40.2. The molecular formula is C96H93B3N4O2S2. The van der Waals surface area contributed by atoms with Gasteiger partial charge in [0.1, 0.15) is 23.0 Å². The molecule has 0 saturated carbocycles. The van der Waals surface area contributed by atoms with Gasteiger partial charge in [0.25, 0.3) is 20.1 Å². The molecule has 107 heavy (non-hydrogen) atoms. The molecule has 0 atom stereocenters. The summed E-state index contributed by atoms with van der Waals surface area (Å²) >= 11 is 3.94. The zero-order chi connectivity index (χ0) is 74.7. The minimum atomic E-state index is -0.271. The Bertz CT molecular complexity index is 6000. The van der Waals surface area contributed by atoms with Crippen molar-refractivity contribution in [2.45, 2.75) is 172 Å². The molecule has 0 spiro atoms. The summed E-state index contributed by atoms with van der Waals surface area (Å²) in [5, 5.41) is 2.58. The molecule has 0 N–H and O–H groups in total. The number of benzene rings is 11. The zero-order valence-electron chi connectivity index (χ0n) is 66.0. The van der Waals surface area contributed by atoms with Crippen LogP contribution in [0.4, 0.5) is 68.2 Å². The number of ether oxygens (including phenoxy) is 2. The maximum atomic E-state index is 7.65. The lowest BCUT2D eigenvalue weighted by atomic mass is 9.31. The molecule has 0 bridgehead atoms. The lowest BCUT2D eigenvalue weighted by molar-refractivity contribution is 0.464. The molecule has 6 aliphatic rings. The predicted molar refractivity (Wildman–Crippen MR) is 465 cm³/mol. The molecule has 11 aromatic carbocycles. The van der Waals surface area contributed by atoms with Crippen molar-refractivity contribution in [1.29, 1.82) is 0 Å². The van der Waals surface area contributed by atoms with Crippen LogP contribution in [-0.4, -0.2) is 20.1 Å². The Morgan fingerprint density at radius 1 is 0.271 bits per heavy atom. The number of hydrogen-bond acceptors (Lipinski definition) is 8. The van der Waals surface area contributed by atoms with Crippen LogP contribution in [0, 0.1) is 41.5 Å². The van der Waals surface area contributed by atoms with Crippen molar-refractivity contribution in [2.75, 3.05) is 19.6 Å². The summed E-state index contributed by atoms with van der Waals surface area (Å²) in [4.78, 5) is 10.5. The molecule has 0 aliphatic carbocycles. The summed E-state index contributed by atoms with van der Waals surface area (Å²) in [5.74, 6) is 3.41. The van der Waals surface area contributed by atoms with E-state index in [1.165, 1.54) is 147 Å². The molecule has 2 aromatic heterocycles. The SMILES string of the molecule is Cc1cc(C)c(N2c3cc4c(cc3B3c5sc6ccc(C(C)(C)C)cc6c5N(c5ccc(C(C)(C)C)cc5)c5cc(C)cc2c53)B2c3cc5c(cc3Oc3cc(C)cc(c32)O4)N(c2ccc(C(C)(C)C)cc2)c2cc(C)cc3c2B5c2sc4ccc(C(C)(C)C)cc4c2N3c2ccc(C(C)(C)C)cc2)c(C)c1. The average molecular weight is 1430 g/mol. The molecule has 0 radical (unpaired) electrons. The van der Waals surface area contributed by atoms with E-state index >= 15 is 0 Å². The predicted octanol–water partition coefficient (Wildman–Crippen LogP) is 21.3. The minimum absolute atomic E-state index is 0.0123. The van der Waals surface area contributed by atoms with Crippen LogP contribution in [0.5, 0.6) is 23.0 Å². The van der Waals surface area contributed by atoms with E-state index in [4.69, 9.17) is 9.47 Å². The summed E-state index contributed by atoms with van der Waals surface area (Å²) in [6, 6.07) is 72.2. The van der Waals surface area contributed by atoms with Crippen LogP contribution in [0.2, 0.25) is 0 Å². The van der Waals surface area contributed by atoms with Crippen LogP contribution in [0.3, 0.4) is 0 Å². The summed E-state index contributed by atoms with van der Waals surface area (Å²) < 4.78 is 20.6. The lowest BCUT2D eigenvalue weighted by Crippen LogP contribution is -2.64. The highest BCUT2D eigenvalue weighted by Gasteiger charge is 2.52. The van der Waals surface area contributed by atoms with Crippen LogP contribution in [0.15, 0.2) is 182 Å². The summed E-state index contributed by atoms with van der Waals surface area (Å²) in [5.41, 5.74) is 36.4. The third-order valence-electron chi connectivity index (χ3n) is 24.0. The van der Waals surface area contributed by atoms with Gasteiger partial charge in [-0.2, -0.15) is 0 Å². The standard InChI is InChI=1S/C96H93B3N4O2S2/c1-52-38-56(5)87(57(6)39-52)103-73-51-79-71(49-69(73)99-85-76(42-54(3)43-77(85)103)102(65-34-26-60(27-35-65)94(13,14)15)89-67-47-62(96(19,20)21)29-37-83(67)107-91(89)99)97-70-48-68-72(50-78(70)104-80-44-55(4)45-81(105-79)86(80)97)100(63-30-22-58(23-31-63)92(7,8)9)74-40-53(2)41-75-84(74)98(68)90-88(66-46-61(95(16,17)18)28-36-82(66)106-90)101(75)64-32-24-59(25-33-64)93(10,11)12/h22-51H,1-21H3. The van der Waals surface area contributed by atoms with E-state index in [9.17, 15) is 0 Å². The van der Waals surface area contributed by atoms with Gasteiger partial charge in [-0.1, -0.05) is 182 Å². The number of hydrogen-bond donors (Lipinski definition) is 0. The average Bonchev–Trinajstić information content (AvgIpc) is 1.58. The van der Waals surface area contributed by atoms with Crippen molar-refractivity contribution in [1.82, 2.24) is 0 Å². The normalized spacial score (nSPS) is 14.6. The van der Waals surface area contributed by atoms with Crippen molar-refractivity contribution >= 4 is 179 Å². The topological polar surface area (TPSA) is 31.4 Å². The number of nitrogens with zero attached hydrogens (tertiary/aromatic N) is 4. The van der Waals surface area contributed by atoms with Crippen LogP contribution in [0.1, 0.15) is 165 Å². The molecule has 8 heterocycles. The van der Waals surface area contributed by atoms with Gasteiger partial charge in [-0.3, -0.25) is 0 Å². The van der Waals surface area contributed by atoms with E-state index in [0.29, 0.717) is 0 Å². The number of thiophene rings is 2. The molecule has 530 valence electrons. The van der Waals surface area contributed by atoms with Crippen molar-refractivity contribution in [3.05, 3.63) is 243 Å². The Balaban J connectivity index is 0.896. The van der Waals surface area contributed by atoms with Crippen LogP contribution in [-0.2, 0) is 27.1 Å². The maximum Gasteiger partial charge on any atom is 0.264 e. The highest BCUT2D eigenvalue weighted by molar-refractivity contribution is 7.34. The summed E-state index contributed by atoms with van der Waals surface area (Å²) in [7, 11) is 0. The highest BCUT2D eigenvalue weighted by Crippen LogP contribution is 2.54. The van der Waals surface area contributed by atoms with E-state index in [1.807, 2.05) is 22.7 Å². The molecule has 0 fully saturated rings. The minimum Gasteiger partial charge on any atom is -0.458 e. The Morgan fingerprint density at radius 3 is 0.981 bits per heavy atom. The smallest absolute Gasteiger partial charge is 0.264 e. The van der Waals surface area contributed by atoms with Crippen molar-refractivity contribution in [2.24, 2.45) is 0 Å². The van der Waals surface area contributed by atoms with E-state index in [2.05, 4.69) is 347 Å². The Morgan fingerprint density at radius 2 is 0.598 bits per heavy atom. The van der Waals surface area contributed by atoms with E-state index in [-0.39, 0.29) is 47.2 Å². The van der Waals surface area contributed by atoms with E-state index in [1.54, 1.807) is 0 Å². The number of anilines is 12. The van der Waals surface area contributed by atoms with Gasteiger partial charge in [-0.05, 0) is 254 Å². The first-order valence-electron chi connectivity index (χ1n) is 38.5. The molecule has 0 unspecified atom stereocenters. The number of aryl methyl sites for hydroxylation is 6. The number of fused-ring (bicyclic) bond motifs is 16. The second-order valence-corrected chi connectivity index (χ2v) is 39.2. The van der Waals surface area contributed by atoms with Gasteiger partial charge >= 0.3 is 0 Å². The molecule has 0 saturated heterocycles. The Labute approximate surface area is 642 Å². The largest absolute Gasteiger partial charge is 0.458 e. The third-order valence-corrected chi connectivity index (χ3v) is 26.5. The third kappa shape index (κ3) is 10.3. The van der Waals surface area contributed by atoms with Crippen molar-refractivity contribution in [3.8, 4) is 23.0 Å². The first kappa shape index (κ1) is 67.9. The molecule has 13 aromatic rings. The number of rotatable bonds is 4. The van der Waals surface area contributed by atoms with Gasteiger partial charge in [0, 0.05) is 98.5 Å². The monoisotopic (exact) mass is 1430 g/mol. The fourth-order valence-corrected chi connectivity index (χ4v) is 21.3. The lowest BCUT2D eigenvalue weighted by Gasteiger charge is -2.45. The fourth-order valence-electron chi connectivity index (χ4n) is 18.7. The Kier molecular flexibility index (Phi) is 14.6. The van der Waals surface area contributed by atoms with Gasteiger partial charge < -0.3 is 29.1 Å². The highest BCUT2D eigenvalue weighted by atomic mass is 32.1. The van der Waals surface area contributed by atoms with Crippen molar-refractivity contribution in [3.63, 3.8) is 0 Å². The van der Waals surface area contributed by atoms with Crippen LogP contribution < -0.4 is 76.9 Å². The fraction of sp³-hybridized carbons (Fsp3) is 0.271. The Hall–Kier alpha value is -9.67. The maximum absolute atomic E-state index is 7.65. The van der Waals surface area contributed by atoms with E-state index < -0.39 is 0 Å². The molecule has 19 rings (SSSR count). The molecule has 6 nitrogen and oxygen atoms in total. The molecule has 0 amide bonds. The summed E-state index contributed by atoms with van der Waals surface area (Å²) in [6.45, 7) is 48.0. The molecular weight excluding hydrogens is 1340 g/mol. The van der Waals surface area contributed by atoms with Gasteiger partial charge in [0.2, 0.25) is 0 Å². The molecule has 6 aliphatic heterocycles. The second kappa shape index (κ2) is 22.9. The van der Waals surface area contributed by atoms with Crippen molar-refractivity contribution < 1.29 is 9.47 Å². The zero-order valence-corrected chi connectivity index (χ0v) is 67.6. The quantitative estimate of drug-likeness (QED) is 0.163. The van der Waals surface area contributed by atoms with E-state index in [0.717, 1.165) is 73.4 Å². The van der Waals surface area contributed by atoms with Gasteiger partial charge in [0.05, 0.1) is 17.1 Å². The van der Waals surface area contributed by atoms with Gasteiger partial charge in [-0.15, -0.1) is 22.7 Å². The molecule has 11 heteroatoms. The second-order valence-electron chi connectivity index (χ2n) is 37.0. The van der Waals surface area contributed by atoms with Gasteiger partial charge in [0.15, 0.2) is 0 Å². The van der Waals surface area contributed by atoms with Gasteiger partial charge in [-0.25, -0.2) is 0 Å². The van der Waals surface area contributed by atoms with Crippen LogP contribution in [0.25, 0.3) is 20.2 Å². The van der Waals surface area contributed by atoms with Crippen LogP contribution >= 0.6 is 22.7 Å². The summed E-state index contributed by atoms with van der Waals surface area (Å²) in [6.07, 6.45) is 0. The first-order chi connectivity index (χ1) is 50.6.